The second-order valence-corrected chi connectivity index (χ2v) is 8.61. The third-order valence-corrected chi connectivity index (χ3v) is 6.35. The minimum Gasteiger partial charge on any atom is -0.493 e. The van der Waals surface area contributed by atoms with E-state index in [2.05, 4.69) is 26.5 Å². The lowest BCUT2D eigenvalue weighted by molar-refractivity contribution is -0.384. The zero-order valence-electron chi connectivity index (χ0n) is 16.4. The molecule has 158 valence electrons. The van der Waals surface area contributed by atoms with Gasteiger partial charge in [0.2, 0.25) is 0 Å². The summed E-state index contributed by atoms with van der Waals surface area (Å²) in [5.74, 6) is 1.09. The van der Waals surface area contributed by atoms with Gasteiger partial charge >= 0.3 is 0 Å². The van der Waals surface area contributed by atoms with E-state index < -0.39 is 4.92 Å². The number of hydrazone groups is 1. The van der Waals surface area contributed by atoms with Gasteiger partial charge in [0.25, 0.3) is 5.69 Å². The van der Waals surface area contributed by atoms with Crippen LogP contribution >= 0.6 is 27.7 Å². The second kappa shape index (κ2) is 9.40. The molecule has 1 N–H and O–H groups in total. The highest BCUT2D eigenvalue weighted by atomic mass is 79.9. The molecule has 3 aromatic rings. The molecule has 0 spiro atoms. The number of nitrogens with zero attached hydrogens (tertiary/aromatic N) is 2. The first-order valence-corrected chi connectivity index (χ1v) is 11.0. The van der Waals surface area contributed by atoms with Gasteiger partial charge in [-0.25, -0.2) is 0 Å². The van der Waals surface area contributed by atoms with Crippen molar-refractivity contribution >= 4 is 38.4 Å². The molecule has 4 rings (SSSR count). The second-order valence-electron chi connectivity index (χ2n) is 6.66. The zero-order valence-corrected chi connectivity index (χ0v) is 18.9. The fourth-order valence-corrected chi connectivity index (χ4v) is 4.64. The molecule has 0 amide bonds. The standard InChI is InChI=1S/C22H18BrN3O4S/c1-29-19-12-16(22-25-24-21(31-22)15-7-3-2-4-8-15)11-18(23)20(19)30-13-14-6-5-9-17(10-14)26(27)28/h2-12,22,25H,13H2,1H3/t22-/m1/s1. The number of hydrogen-bond donors (Lipinski definition) is 1. The zero-order chi connectivity index (χ0) is 21.8. The van der Waals surface area contributed by atoms with Gasteiger partial charge in [0.05, 0.1) is 16.5 Å². The molecule has 7 nitrogen and oxygen atoms in total. The summed E-state index contributed by atoms with van der Waals surface area (Å²) in [5, 5.41) is 16.3. The van der Waals surface area contributed by atoms with E-state index >= 15 is 0 Å². The molecule has 3 aromatic carbocycles. The third kappa shape index (κ3) is 4.83. The first-order valence-electron chi connectivity index (χ1n) is 9.34. The molecule has 1 heterocycles. The maximum Gasteiger partial charge on any atom is 0.269 e. The van der Waals surface area contributed by atoms with Gasteiger partial charge in [-0.1, -0.05) is 54.2 Å². The van der Waals surface area contributed by atoms with Crippen molar-refractivity contribution in [2.75, 3.05) is 7.11 Å². The summed E-state index contributed by atoms with van der Waals surface area (Å²) >= 11 is 5.19. The van der Waals surface area contributed by atoms with Crippen LogP contribution in [0.1, 0.15) is 22.1 Å². The summed E-state index contributed by atoms with van der Waals surface area (Å²) in [4.78, 5) is 10.6. The average molecular weight is 500 g/mol. The lowest BCUT2D eigenvalue weighted by atomic mass is 10.2. The molecule has 1 atom stereocenters. The predicted octanol–water partition coefficient (Wildman–Crippen LogP) is 5.64. The van der Waals surface area contributed by atoms with Crippen LogP contribution in [0.25, 0.3) is 0 Å². The van der Waals surface area contributed by atoms with Gasteiger partial charge in [-0.05, 0) is 39.2 Å². The van der Waals surface area contributed by atoms with Crippen LogP contribution in [0, 0.1) is 10.1 Å². The van der Waals surface area contributed by atoms with Crippen LogP contribution < -0.4 is 14.9 Å². The van der Waals surface area contributed by atoms with E-state index in [9.17, 15) is 10.1 Å². The van der Waals surface area contributed by atoms with Gasteiger partial charge in [0.1, 0.15) is 17.0 Å². The Balaban J connectivity index is 1.50. The minimum absolute atomic E-state index is 0.0287. The molecule has 0 bridgehead atoms. The topological polar surface area (TPSA) is 86.0 Å². The van der Waals surface area contributed by atoms with Crippen LogP contribution in [0.15, 0.2) is 76.3 Å². The Bertz CT molecular complexity index is 1140. The highest BCUT2D eigenvalue weighted by molar-refractivity contribution is 9.10. The van der Waals surface area contributed by atoms with E-state index in [0.717, 1.165) is 20.6 Å². The number of rotatable bonds is 7. The monoisotopic (exact) mass is 499 g/mol. The van der Waals surface area contributed by atoms with Crippen molar-refractivity contribution < 1.29 is 14.4 Å². The number of nitrogens with one attached hydrogen (secondary N) is 1. The van der Waals surface area contributed by atoms with E-state index in [4.69, 9.17) is 9.47 Å². The van der Waals surface area contributed by atoms with Crippen molar-refractivity contribution in [2.45, 2.75) is 12.0 Å². The fourth-order valence-electron chi connectivity index (χ4n) is 3.08. The largest absolute Gasteiger partial charge is 0.493 e. The van der Waals surface area contributed by atoms with E-state index in [-0.39, 0.29) is 17.7 Å². The van der Waals surface area contributed by atoms with E-state index in [0.29, 0.717) is 17.1 Å². The minimum atomic E-state index is -0.424. The number of ether oxygens (including phenoxy) is 2. The number of hydrogen-bond acceptors (Lipinski definition) is 7. The molecule has 9 heteroatoms. The van der Waals surface area contributed by atoms with Crippen LogP contribution in [0.3, 0.4) is 0 Å². The lowest BCUT2D eigenvalue weighted by Gasteiger charge is -2.17. The van der Waals surface area contributed by atoms with Gasteiger partial charge in [-0.2, -0.15) is 5.10 Å². The molecule has 0 unspecified atom stereocenters. The molecule has 0 fully saturated rings. The van der Waals surface area contributed by atoms with Crippen LogP contribution in [0.2, 0.25) is 0 Å². The third-order valence-electron chi connectivity index (χ3n) is 4.59. The quantitative estimate of drug-likeness (QED) is 0.334. The van der Waals surface area contributed by atoms with Gasteiger partial charge in [0, 0.05) is 17.7 Å². The Hall–Kier alpha value is -3.04. The van der Waals surface area contributed by atoms with Crippen molar-refractivity contribution in [3.05, 3.63) is 98.0 Å². The summed E-state index contributed by atoms with van der Waals surface area (Å²) in [6.07, 6.45) is 0. The van der Waals surface area contributed by atoms with Gasteiger partial charge < -0.3 is 9.47 Å². The van der Waals surface area contributed by atoms with E-state index in [1.54, 1.807) is 31.0 Å². The molecule has 1 aliphatic rings. The van der Waals surface area contributed by atoms with E-state index in [1.807, 2.05) is 42.5 Å². The van der Waals surface area contributed by atoms with Crippen LogP contribution in [0.4, 0.5) is 5.69 Å². The first kappa shape index (κ1) is 21.2. The molecule has 0 aliphatic carbocycles. The number of nitro groups is 1. The molecule has 31 heavy (non-hydrogen) atoms. The summed E-state index contributed by atoms with van der Waals surface area (Å²) in [5.41, 5.74) is 5.93. The average Bonchev–Trinajstić information content (AvgIpc) is 3.29. The number of methoxy groups -OCH3 is 1. The van der Waals surface area contributed by atoms with Crippen LogP contribution in [-0.4, -0.2) is 17.1 Å². The Kier molecular flexibility index (Phi) is 6.43. The summed E-state index contributed by atoms with van der Waals surface area (Å²) in [6, 6.07) is 20.2. The highest BCUT2D eigenvalue weighted by Crippen LogP contribution is 2.42. The van der Waals surface area contributed by atoms with Gasteiger partial charge in [0.15, 0.2) is 11.5 Å². The summed E-state index contributed by atoms with van der Waals surface area (Å²) in [7, 11) is 1.58. The van der Waals surface area contributed by atoms with Gasteiger partial charge in [-0.15, -0.1) is 0 Å². The Morgan fingerprint density at radius 2 is 1.97 bits per heavy atom. The maximum absolute atomic E-state index is 11.0. The molecular weight excluding hydrogens is 482 g/mol. The summed E-state index contributed by atoms with van der Waals surface area (Å²) in [6.45, 7) is 0.174. The SMILES string of the molecule is COc1cc([C@@H]2NN=C(c3ccccc3)S2)cc(Br)c1OCc1cccc([N+](=O)[O-])c1. The Labute approximate surface area is 191 Å². The number of non-ortho nitro benzene ring substituents is 1. The first-order chi connectivity index (χ1) is 15.0. The number of thioether (sulfide) groups is 1. The molecule has 0 saturated heterocycles. The van der Waals surface area contributed by atoms with Crippen molar-refractivity contribution in [2.24, 2.45) is 5.10 Å². The number of nitro benzene ring substituents is 1. The van der Waals surface area contributed by atoms with Crippen molar-refractivity contribution in [3.8, 4) is 11.5 Å². The van der Waals surface area contributed by atoms with E-state index in [1.165, 1.54) is 12.1 Å². The van der Waals surface area contributed by atoms with Crippen molar-refractivity contribution in [3.63, 3.8) is 0 Å². The lowest BCUT2D eigenvalue weighted by Crippen LogP contribution is -2.08. The fraction of sp³-hybridized carbons (Fsp3) is 0.136. The van der Waals surface area contributed by atoms with Crippen molar-refractivity contribution in [1.82, 2.24) is 5.43 Å². The van der Waals surface area contributed by atoms with Crippen molar-refractivity contribution in [1.29, 1.82) is 0 Å². The Morgan fingerprint density at radius 1 is 1.16 bits per heavy atom. The number of halogens is 1. The molecule has 0 radical (unpaired) electrons. The maximum atomic E-state index is 11.0. The molecular formula is C22H18BrN3O4S. The Morgan fingerprint density at radius 3 is 2.71 bits per heavy atom. The van der Waals surface area contributed by atoms with Gasteiger partial charge in [-0.3, -0.25) is 15.5 Å². The predicted molar refractivity (Wildman–Crippen MR) is 125 cm³/mol. The number of benzene rings is 3. The molecule has 0 saturated carbocycles. The van der Waals surface area contributed by atoms with Crippen LogP contribution in [0.5, 0.6) is 11.5 Å². The smallest absolute Gasteiger partial charge is 0.269 e. The van der Waals surface area contributed by atoms with Crippen LogP contribution in [-0.2, 0) is 6.61 Å². The molecule has 0 aromatic heterocycles. The molecule has 1 aliphatic heterocycles. The normalized spacial score (nSPS) is 15.2. The summed E-state index contributed by atoms with van der Waals surface area (Å²) < 4.78 is 12.2. The highest BCUT2D eigenvalue weighted by Gasteiger charge is 2.24.